The summed E-state index contributed by atoms with van der Waals surface area (Å²) in [7, 11) is 5.04. The lowest BCUT2D eigenvalue weighted by molar-refractivity contribution is 0.0375. The number of carbonyl (C=O) groups is 1. The van der Waals surface area contributed by atoms with Gasteiger partial charge in [0.2, 0.25) is 0 Å². The van der Waals surface area contributed by atoms with E-state index in [1.54, 1.807) is 26.2 Å². The van der Waals surface area contributed by atoms with Gasteiger partial charge in [-0.25, -0.2) is 4.79 Å². The van der Waals surface area contributed by atoms with Gasteiger partial charge in [-0.05, 0) is 32.0 Å². The third-order valence-corrected chi connectivity index (χ3v) is 4.82. The summed E-state index contributed by atoms with van der Waals surface area (Å²) in [6, 6.07) is 5.44. The lowest BCUT2D eigenvalue weighted by Crippen LogP contribution is -2.41. The van der Waals surface area contributed by atoms with E-state index in [-0.39, 0.29) is 12.1 Å². The Balaban J connectivity index is 1.82. The summed E-state index contributed by atoms with van der Waals surface area (Å²) >= 11 is 0. The number of nitrogens with one attached hydrogen (secondary N) is 1. The second-order valence-electron chi connectivity index (χ2n) is 6.43. The summed E-state index contributed by atoms with van der Waals surface area (Å²) in [4.78, 5) is 16.5. The highest BCUT2D eigenvalue weighted by molar-refractivity contribution is 5.74. The van der Waals surface area contributed by atoms with E-state index >= 15 is 0 Å². The molecule has 26 heavy (non-hydrogen) atoms. The third-order valence-electron chi connectivity index (χ3n) is 4.82. The number of rotatable bonds is 8. The minimum atomic E-state index is -0.116. The number of benzene rings is 1. The zero-order valence-corrected chi connectivity index (χ0v) is 16.3. The van der Waals surface area contributed by atoms with Crippen LogP contribution in [0.25, 0.3) is 0 Å². The number of ether oxygens (including phenoxy) is 3. The van der Waals surface area contributed by atoms with Crippen LogP contribution < -0.4 is 14.8 Å². The number of urea groups is 1. The smallest absolute Gasteiger partial charge is 0.317 e. The number of hydrogen-bond acceptors (Lipinski definition) is 5. The molecule has 7 nitrogen and oxygen atoms in total. The standard InChI is InChI=1S/C19H31N3O4/c1-15(17-7-6-16(24-3)14-18(17)25-4)21(2)19(23)20-8-5-9-22-10-12-26-13-11-22/h6-7,14-15H,5,8-13H2,1-4H3,(H,20,23)/t15-/m0/s1. The van der Waals surface area contributed by atoms with Crippen LogP contribution in [0.5, 0.6) is 11.5 Å². The van der Waals surface area contributed by atoms with Crippen molar-refractivity contribution in [3.05, 3.63) is 23.8 Å². The molecular formula is C19H31N3O4. The molecule has 1 aliphatic heterocycles. The minimum absolute atomic E-state index is 0.0858. The molecule has 1 N–H and O–H groups in total. The van der Waals surface area contributed by atoms with Crippen LogP contribution in [0, 0.1) is 0 Å². The molecule has 0 aliphatic carbocycles. The molecule has 0 unspecified atom stereocenters. The largest absolute Gasteiger partial charge is 0.497 e. The summed E-state index contributed by atoms with van der Waals surface area (Å²) < 4.78 is 16.0. The molecule has 7 heteroatoms. The zero-order chi connectivity index (χ0) is 18.9. The Morgan fingerprint density at radius 1 is 1.31 bits per heavy atom. The van der Waals surface area contributed by atoms with Crippen molar-refractivity contribution in [2.75, 3.05) is 60.7 Å². The van der Waals surface area contributed by atoms with Gasteiger partial charge in [-0.3, -0.25) is 4.90 Å². The van der Waals surface area contributed by atoms with E-state index in [0.717, 1.165) is 50.6 Å². The summed E-state index contributed by atoms with van der Waals surface area (Å²) in [5.74, 6) is 1.44. The maximum Gasteiger partial charge on any atom is 0.317 e. The number of hydrogen-bond donors (Lipinski definition) is 1. The lowest BCUT2D eigenvalue weighted by Gasteiger charge is -2.28. The van der Waals surface area contributed by atoms with Gasteiger partial charge >= 0.3 is 6.03 Å². The molecule has 0 spiro atoms. The van der Waals surface area contributed by atoms with Gasteiger partial charge in [0.25, 0.3) is 0 Å². The molecule has 0 saturated carbocycles. The van der Waals surface area contributed by atoms with Gasteiger partial charge in [0.1, 0.15) is 11.5 Å². The molecule has 2 amide bonds. The summed E-state index contributed by atoms with van der Waals surface area (Å²) in [5, 5.41) is 3.00. The van der Waals surface area contributed by atoms with Crippen molar-refractivity contribution in [3.63, 3.8) is 0 Å². The van der Waals surface area contributed by atoms with Gasteiger partial charge in [-0.15, -0.1) is 0 Å². The molecule has 0 aromatic heterocycles. The fourth-order valence-electron chi connectivity index (χ4n) is 3.00. The predicted molar refractivity (Wildman–Crippen MR) is 101 cm³/mol. The van der Waals surface area contributed by atoms with Crippen molar-refractivity contribution in [1.82, 2.24) is 15.1 Å². The molecule has 1 saturated heterocycles. The maximum absolute atomic E-state index is 12.4. The van der Waals surface area contributed by atoms with Gasteiger partial charge in [0.15, 0.2) is 0 Å². The molecule has 1 aliphatic rings. The van der Waals surface area contributed by atoms with Gasteiger partial charge in [0, 0.05) is 38.3 Å². The average molecular weight is 365 g/mol. The second kappa shape index (κ2) is 10.2. The van der Waals surface area contributed by atoms with E-state index in [4.69, 9.17) is 14.2 Å². The first-order valence-corrected chi connectivity index (χ1v) is 9.09. The number of methoxy groups -OCH3 is 2. The van der Waals surface area contributed by atoms with Gasteiger partial charge in [-0.2, -0.15) is 0 Å². The summed E-state index contributed by atoms with van der Waals surface area (Å²) in [6.07, 6.45) is 0.930. The highest BCUT2D eigenvalue weighted by atomic mass is 16.5. The van der Waals surface area contributed by atoms with Crippen LogP contribution in [0.2, 0.25) is 0 Å². The molecule has 2 rings (SSSR count). The lowest BCUT2D eigenvalue weighted by atomic mass is 10.1. The van der Waals surface area contributed by atoms with E-state index < -0.39 is 0 Å². The third kappa shape index (κ3) is 5.51. The van der Waals surface area contributed by atoms with E-state index in [1.165, 1.54) is 0 Å². The van der Waals surface area contributed by atoms with Crippen LogP contribution in [0.3, 0.4) is 0 Å². The van der Waals surface area contributed by atoms with Crippen molar-refractivity contribution in [2.45, 2.75) is 19.4 Å². The molecule has 1 aromatic rings. The van der Waals surface area contributed by atoms with Crippen LogP contribution in [-0.4, -0.2) is 76.5 Å². The Morgan fingerprint density at radius 2 is 2.04 bits per heavy atom. The Labute approximate surface area is 156 Å². The van der Waals surface area contributed by atoms with Gasteiger partial charge in [-0.1, -0.05) is 0 Å². The molecule has 1 fully saturated rings. The highest BCUT2D eigenvalue weighted by Gasteiger charge is 2.20. The molecule has 146 valence electrons. The van der Waals surface area contributed by atoms with E-state index in [0.29, 0.717) is 12.3 Å². The fraction of sp³-hybridized carbons (Fsp3) is 0.632. The molecule has 1 heterocycles. The summed E-state index contributed by atoms with van der Waals surface area (Å²) in [5.41, 5.74) is 0.944. The van der Waals surface area contributed by atoms with Crippen molar-refractivity contribution in [3.8, 4) is 11.5 Å². The van der Waals surface area contributed by atoms with Crippen LogP contribution in [0.1, 0.15) is 24.9 Å². The van der Waals surface area contributed by atoms with Crippen LogP contribution >= 0.6 is 0 Å². The van der Waals surface area contributed by atoms with Gasteiger partial charge in [0.05, 0.1) is 33.5 Å². The molecule has 0 radical (unpaired) electrons. The molecule has 0 bridgehead atoms. The van der Waals surface area contributed by atoms with E-state index in [9.17, 15) is 4.79 Å². The Bertz CT molecular complexity index is 576. The number of nitrogens with zero attached hydrogens (tertiary/aromatic N) is 2. The molecule has 1 aromatic carbocycles. The first-order valence-electron chi connectivity index (χ1n) is 9.09. The summed E-state index contributed by atoms with van der Waals surface area (Å²) in [6.45, 7) is 7.18. The van der Waals surface area contributed by atoms with Crippen molar-refractivity contribution in [1.29, 1.82) is 0 Å². The number of carbonyl (C=O) groups excluding carboxylic acids is 1. The first-order chi connectivity index (χ1) is 12.6. The molecular weight excluding hydrogens is 334 g/mol. The normalized spacial score (nSPS) is 16.0. The SMILES string of the molecule is COc1ccc([C@H](C)N(C)C(=O)NCCCN2CCOCC2)c(OC)c1. The first kappa shape index (κ1) is 20.3. The number of morpholine rings is 1. The Kier molecular flexibility index (Phi) is 8.00. The van der Waals surface area contributed by atoms with E-state index in [2.05, 4.69) is 10.2 Å². The monoisotopic (exact) mass is 365 g/mol. The predicted octanol–water partition coefficient (Wildman–Crippen LogP) is 2.13. The maximum atomic E-state index is 12.4. The topological polar surface area (TPSA) is 63.3 Å². The highest BCUT2D eigenvalue weighted by Crippen LogP contribution is 2.31. The van der Waals surface area contributed by atoms with Crippen molar-refractivity contribution in [2.24, 2.45) is 0 Å². The van der Waals surface area contributed by atoms with Crippen LogP contribution in [0.4, 0.5) is 4.79 Å². The van der Waals surface area contributed by atoms with Crippen LogP contribution in [0.15, 0.2) is 18.2 Å². The minimum Gasteiger partial charge on any atom is -0.497 e. The second-order valence-corrected chi connectivity index (χ2v) is 6.43. The average Bonchev–Trinajstić information content (AvgIpc) is 2.70. The molecule has 1 atom stereocenters. The quantitative estimate of drug-likeness (QED) is 0.715. The number of amides is 2. The van der Waals surface area contributed by atoms with Crippen molar-refractivity contribution < 1.29 is 19.0 Å². The van der Waals surface area contributed by atoms with E-state index in [1.807, 2.05) is 25.1 Å². The van der Waals surface area contributed by atoms with Gasteiger partial charge < -0.3 is 24.4 Å². The zero-order valence-electron chi connectivity index (χ0n) is 16.3. The fourth-order valence-corrected chi connectivity index (χ4v) is 3.00. The van der Waals surface area contributed by atoms with Crippen LogP contribution in [-0.2, 0) is 4.74 Å². The van der Waals surface area contributed by atoms with Crippen molar-refractivity contribution >= 4 is 6.03 Å². The Morgan fingerprint density at radius 3 is 2.69 bits per heavy atom. The Hall–Kier alpha value is -1.99.